The first-order valence-electron chi connectivity index (χ1n) is 11.7. The van der Waals surface area contributed by atoms with Crippen molar-refractivity contribution in [1.82, 2.24) is 24.3 Å². The number of carbonyl (C=O) groups excluding carboxylic acids is 1. The number of pyridine rings is 1. The van der Waals surface area contributed by atoms with Gasteiger partial charge in [-0.2, -0.15) is 13.2 Å². The summed E-state index contributed by atoms with van der Waals surface area (Å²) in [5.74, 6) is 0.908. The average molecular weight is 494 g/mol. The van der Waals surface area contributed by atoms with E-state index in [9.17, 15) is 18.0 Å². The molecule has 0 unspecified atom stereocenters. The van der Waals surface area contributed by atoms with Crippen molar-refractivity contribution in [2.45, 2.75) is 44.5 Å². The second-order valence-corrected chi connectivity index (χ2v) is 9.93. The number of benzene rings is 1. The van der Waals surface area contributed by atoms with Gasteiger partial charge in [0.25, 0.3) is 5.91 Å². The smallest absolute Gasteiger partial charge is 0.416 e. The number of likely N-dealkylation sites (tertiary alicyclic amines) is 1. The molecule has 0 bridgehead atoms. The number of hydrogen-bond donors (Lipinski definition) is 1. The van der Waals surface area contributed by atoms with Crippen LogP contribution in [-0.4, -0.2) is 42.8 Å². The van der Waals surface area contributed by atoms with Gasteiger partial charge in [0, 0.05) is 17.5 Å². The highest BCUT2D eigenvalue weighted by atomic mass is 19.4. The fraction of sp³-hybridized carbons (Fsp3) is 0.360. The first-order chi connectivity index (χ1) is 17.2. The van der Waals surface area contributed by atoms with Crippen LogP contribution in [0.4, 0.5) is 19.0 Å². The van der Waals surface area contributed by atoms with Crippen molar-refractivity contribution in [3.05, 3.63) is 59.3 Å². The molecule has 3 aromatic heterocycles. The van der Waals surface area contributed by atoms with Gasteiger partial charge in [0.15, 0.2) is 0 Å². The number of nitrogens with zero attached hydrogens (tertiary/aromatic N) is 5. The lowest BCUT2D eigenvalue weighted by atomic mass is 9.82. The Balaban J connectivity index is 1.32. The number of hydrogen-bond acceptors (Lipinski definition) is 6. The summed E-state index contributed by atoms with van der Waals surface area (Å²) in [6.45, 7) is 2.31. The molecule has 36 heavy (non-hydrogen) atoms. The maximum atomic E-state index is 13.8. The minimum atomic E-state index is -4.47. The number of nitrogens with two attached hydrogens (primary N) is 1. The van der Waals surface area contributed by atoms with E-state index in [1.165, 1.54) is 12.3 Å². The number of imidazole rings is 1. The zero-order valence-corrected chi connectivity index (χ0v) is 19.2. The van der Waals surface area contributed by atoms with Crippen LogP contribution in [0.25, 0.3) is 16.6 Å². The van der Waals surface area contributed by atoms with E-state index in [-0.39, 0.29) is 28.9 Å². The number of piperidine rings is 1. The molecule has 5 heterocycles. The average Bonchev–Trinajstić information content (AvgIpc) is 3.33. The van der Waals surface area contributed by atoms with Crippen LogP contribution in [0.1, 0.15) is 52.7 Å². The highest BCUT2D eigenvalue weighted by molar-refractivity contribution is 5.96. The lowest BCUT2D eigenvalue weighted by molar-refractivity contribution is -0.137. The van der Waals surface area contributed by atoms with E-state index in [1.54, 1.807) is 17.2 Å². The molecule has 184 valence electrons. The third-order valence-corrected chi connectivity index (χ3v) is 7.91. The second kappa shape index (κ2) is 6.86. The van der Waals surface area contributed by atoms with Gasteiger partial charge in [-0.3, -0.25) is 9.20 Å². The number of aromatic nitrogens is 4. The maximum absolute atomic E-state index is 13.8. The van der Waals surface area contributed by atoms with Crippen LogP contribution in [0.3, 0.4) is 0 Å². The monoisotopic (exact) mass is 494 g/mol. The van der Waals surface area contributed by atoms with Gasteiger partial charge in [-0.25, -0.2) is 15.0 Å². The molecular weight excluding hydrogens is 473 g/mol. The predicted molar refractivity (Wildman–Crippen MR) is 123 cm³/mol. The molecule has 11 heteroatoms. The Morgan fingerprint density at radius 1 is 1.14 bits per heavy atom. The second-order valence-electron chi connectivity index (χ2n) is 9.93. The Labute approximate surface area is 202 Å². The van der Waals surface area contributed by atoms with E-state index in [2.05, 4.69) is 15.0 Å². The van der Waals surface area contributed by atoms with E-state index in [1.807, 2.05) is 11.3 Å². The summed E-state index contributed by atoms with van der Waals surface area (Å²) in [5.41, 5.74) is 7.84. The summed E-state index contributed by atoms with van der Waals surface area (Å²) >= 11 is 0. The fourth-order valence-corrected chi connectivity index (χ4v) is 5.84. The highest BCUT2D eigenvalue weighted by Gasteiger charge is 2.61. The van der Waals surface area contributed by atoms with Gasteiger partial charge in [0.1, 0.15) is 40.2 Å². The molecule has 1 saturated heterocycles. The molecule has 1 aromatic carbocycles. The van der Waals surface area contributed by atoms with E-state index in [0.29, 0.717) is 40.3 Å². The molecule has 1 spiro atoms. The molecule has 1 saturated carbocycles. The van der Waals surface area contributed by atoms with E-state index >= 15 is 0 Å². The lowest BCUT2D eigenvalue weighted by Gasteiger charge is -2.41. The van der Waals surface area contributed by atoms with Gasteiger partial charge in [0.05, 0.1) is 29.5 Å². The van der Waals surface area contributed by atoms with Gasteiger partial charge in [-0.05, 0) is 44.4 Å². The molecule has 1 amide bonds. The summed E-state index contributed by atoms with van der Waals surface area (Å²) in [4.78, 5) is 28.6. The minimum Gasteiger partial charge on any atom is -0.487 e. The Hall–Kier alpha value is -3.89. The zero-order valence-electron chi connectivity index (χ0n) is 19.2. The van der Waals surface area contributed by atoms with Crippen molar-refractivity contribution in [1.29, 1.82) is 0 Å². The molecule has 1 aliphatic carbocycles. The van der Waals surface area contributed by atoms with Crippen LogP contribution < -0.4 is 10.5 Å². The first-order valence-corrected chi connectivity index (χ1v) is 11.7. The van der Waals surface area contributed by atoms with Crippen LogP contribution >= 0.6 is 0 Å². The summed E-state index contributed by atoms with van der Waals surface area (Å²) in [6.07, 6.45) is 0.907. The van der Waals surface area contributed by atoms with Crippen LogP contribution in [0, 0.1) is 12.3 Å². The third kappa shape index (κ3) is 2.88. The number of ether oxygens (including phenoxy) is 1. The summed E-state index contributed by atoms with van der Waals surface area (Å²) in [6, 6.07) is 4.76. The minimum absolute atomic E-state index is 0.1000. The summed E-state index contributed by atoms with van der Waals surface area (Å²) in [5, 5.41) is 0. The Kier molecular flexibility index (Phi) is 4.08. The van der Waals surface area contributed by atoms with Crippen molar-refractivity contribution in [3.63, 3.8) is 0 Å². The van der Waals surface area contributed by atoms with Crippen molar-refractivity contribution < 1.29 is 22.7 Å². The summed E-state index contributed by atoms with van der Waals surface area (Å²) < 4.78 is 48.0. The fourth-order valence-electron chi connectivity index (χ4n) is 5.84. The number of anilines is 1. The van der Waals surface area contributed by atoms with Crippen LogP contribution in [0.5, 0.6) is 5.75 Å². The first kappa shape index (κ1) is 21.4. The molecule has 2 N–H and O–H groups in total. The Bertz CT molecular complexity index is 1590. The highest BCUT2D eigenvalue weighted by Crippen LogP contribution is 2.62. The third-order valence-electron chi connectivity index (χ3n) is 7.91. The van der Waals surface area contributed by atoms with Crippen LogP contribution in [0.2, 0.25) is 0 Å². The number of amides is 1. The lowest BCUT2D eigenvalue weighted by Crippen LogP contribution is -2.49. The summed E-state index contributed by atoms with van der Waals surface area (Å²) in [7, 11) is 0. The Morgan fingerprint density at radius 2 is 1.94 bits per heavy atom. The SMILES string of the molecule is Cc1ncc2c(N)nc3cnc(C(=O)N4CCC5(CC5)[C@@H]5Oc6cc(C(F)(F)F)ccc6[C@@H]54)cc3n12. The van der Waals surface area contributed by atoms with Gasteiger partial charge in [-0.1, -0.05) is 6.07 Å². The number of rotatable bonds is 1. The number of carbonyl (C=O) groups is 1. The van der Waals surface area contributed by atoms with E-state index in [0.717, 1.165) is 31.4 Å². The van der Waals surface area contributed by atoms with Gasteiger partial charge in [0.2, 0.25) is 0 Å². The van der Waals surface area contributed by atoms with Crippen molar-refractivity contribution in [2.24, 2.45) is 5.41 Å². The normalized spacial score (nSPS) is 22.1. The van der Waals surface area contributed by atoms with Crippen molar-refractivity contribution in [2.75, 3.05) is 12.3 Å². The molecule has 2 atom stereocenters. The zero-order chi connectivity index (χ0) is 25.0. The van der Waals surface area contributed by atoms with Crippen molar-refractivity contribution in [3.8, 4) is 5.75 Å². The van der Waals surface area contributed by atoms with Gasteiger partial charge < -0.3 is 15.4 Å². The Morgan fingerprint density at radius 3 is 2.69 bits per heavy atom. The molecule has 4 aromatic rings. The van der Waals surface area contributed by atoms with Gasteiger partial charge >= 0.3 is 6.18 Å². The topological polar surface area (TPSA) is 98.6 Å². The van der Waals surface area contributed by atoms with Gasteiger partial charge in [-0.15, -0.1) is 0 Å². The molecule has 7 rings (SSSR count). The molecule has 3 aliphatic rings. The molecule has 2 fully saturated rings. The van der Waals surface area contributed by atoms with E-state index in [4.69, 9.17) is 10.5 Å². The van der Waals surface area contributed by atoms with Crippen molar-refractivity contribution >= 4 is 28.3 Å². The van der Waals surface area contributed by atoms with Crippen LogP contribution in [0.15, 0.2) is 36.7 Å². The number of aryl methyl sites for hydroxylation is 1. The van der Waals surface area contributed by atoms with E-state index < -0.39 is 17.8 Å². The quantitative estimate of drug-likeness (QED) is 0.423. The molecule has 2 aliphatic heterocycles. The predicted octanol–water partition coefficient (Wildman–Crippen LogP) is 4.32. The molecule has 0 radical (unpaired) electrons. The largest absolute Gasteiger partial charge is 0.487 e. The number of nitrogen functional groups attached to an aromatic ring is 1. The van der Waals surface area contributed by atoms with Crippen LogP contribution in [-0.2, 0) is 6.18 Å². The number of halogens is 3. The molecular formula is C25H21F3N6O2. The number of fused-ring (bicyclic) bond motifs is 7. The standard InChI is InChI=1S/C25H21F3N6O2/c1-12-30-11-18-22(29)32-16-10-31-15(9-17(16)34(12)18)23(35)33-7-6-24(4-5-24)21-20(33)14-3-2-13(25(26,27)28)8-19(14)36-21/h2-3,8-11,20-21H,4-7H2,1H3,(H2,29,32)/t20-,21+/m0/s1. The number of alkyl halides is 3. The molecule has 8 nitrogen and oxygen atoms in total. The maximum Gasteiger partial charge on any atom is 0.416 e.